The second-order valence-electron chi connectivity index (χ2n) is 8.34. The van der Waals surface area contributed by atoms with Crippen LogP contribution < -0.4 is 5.32 Å². The molecule has 2 unspecified atom stereocenters. The van der Waals surface area contributed by atoms with Gasteiger partial charge in [-0.15, -0.1) is 0 Å². The van der Waals surface area contributed by atoms with E-state index in [1.165, 1.54) is 73.8 Å². The van der Waals surface area contributed by atoms with E-state index in [-0.39, 0.29) is 5.56 Å². The van der Waals surface area contributed by atoms with Crippen molar-refractivity contribution >= 4 is 11.7 Å². The Hall–Kier alpha value is -2.40. The fourth-order valence-corrected chi connectivity index (χ4v) is 4.94. The van der Waals surface area contributed by atoms with Crippen LogP contribution in [0.4, 0.5) is 10.1 Å². The maximum Gasteiger partial charge on any atom is 0.338 e. The molecular formula is C24H28FNO3. The highest BCUT2D eigenvalue weighted by Crippen LogP contribution is 2.40. The molecule has 2 aliphatic carbocycles. The molecule has 0 bridgehead atoms. The van der Waals surface area contributed by atoms with Crippen molar-refractivity contribution in [3.8, 4) is 0 Å². The van der Waals surface area contributed by atoms with Gasteiger partial charge in [0, 0.05) is 11.3 Å². The maximum atomic E-state index is 14.0. The van der Waals surface area contributed by atoms with Crippen LogP contribution in [-0.2, 0) is 12.8 Å². The van der Waals surface area contributed by atoms with Crippen molar-refractivity contribution in [1.82, 2.24) is 0 Å². The number of halogens is 1. The Balaban J connectivity index is 1.63. The van der Waals surface area contributed by atoms with E-state index < -0.39 is 18.0 Å². The monoisotopic (exact) mass is 397 g/mol. The highest BCUT2D eigenvalue weighted by atomic mass is 19.1. The third-order valence-corrected chi connectivity index (χ3v) is 6.35. The summed E-state index contributed by atoms with van der Waals surface area (Å²) in [6.07, 6.45) is 9.79. The summed E-state index contributed by atoms with van der Waals surface area (Å²) in [6, 6.07) is 8.03. The Labute approximate surface area is 170 Å². The van der Waals surface area contributed by atoms with Gasteiger partial charge < -0.3 is 15.5 Å². The number of carbonyl (C=O) groups is 1. The van der Waals surface area contributed by atoms with Crippen LogP contribution in [0.25, 0.3) is 0 Å². The number of anilines is 1. The van der Waals surface area contributed by atoms with E-state index in [4.69, 9.17) is 5.11 Å². The van der Waals surface area contributed by atoms with Crippen LogP contribution in [0.5, 0.6) is 0 Å². The third kappa shape index (κ3) is 4.30. The number of hydrogen-bond donors (Lipinski definition) is 3. The number of carboxylic acid groups (broad SMARTS) is 1. The molecule has 0 fully saturated rings. The highest BCUT2D eigenvalue weighted by molar-refractivity contribution is 5.88. The van der Waals surface area contributed by atoms with E-state index in [2.05, 4.69) is 17.4 Å². The highest BCUT2D eigenvalue weighted by Gasteiger charge is 2.25. The lowest BCUT2D eigenvalue weighted by molar-refractivity contribution is 0.0692. The van der Waals surface area contributed by atoms with Crippen molar-refractivity contribution in [2.45, 2.75) is 69.9 Å². The van der Waals surface area contributed by atoms with E-state index in [0.29, 0.717) is 11.6 Å². The number of aromatic carboxylic acids is 1. The fraction of sp³-hybridized carbons (Fsp3) is 0.458. The molecule has 2 atom stereocenters. The lowest BCUT2D eigenvalue weighted by Gasteiger charge is -2.26. The normalized spacial score (nSPS) is 20.0. The lowest BCUT2D eigenvalue weighted by Crippen LogP contribution is -2.14. The summed E-state index contributed by atoms with van der Waals surface area (Å²) in [5.41, 5.74) is 5.01. The quantitative estimate of drug-likeness (QED) is 0.591. The van der Waals surface area contributed by atoms with Crippen molar-refractivity contribution in [3.05, 3.63) is 64.0 Å². The van der Waals surface area contributed by atoms with Crippen LogP contribution in [0.15, 0.2) is 30.3 Å². The summed E-state index contributed by atoms with van der Waals surface area (Å²) in [7, 11) is 0. The molecule has 4 rings (SSSR count). The largest absolute Gasteiger partial charge is 0.478 e. The minimum atomic E-state index is -1.30. The summed E-state index contributed by atoms with van der Waals surface area (Å²) in [4.78, 5) is 11.0. The van der Waals surface area contributed by atoms with Gasteiger partial charge in [0.15, 0.2) is 6.23 Å². The fourth-order valence-electron chi connectivity index (χ4n) is 4.94. The number of rotatable bonds is 4. The molecule has 5 heteroatoms. The Bertz CT molecular complexity index is 911. The molecule has 0 aromatic heterocycles. The Morgan fingerprint density at radius 2 is 1.66 bits per heavy atom. The van der Waals surface area contributed by atoms with Gasteiger partial charge in [-0.2, -0.15) is 0 Å². The van der Waals surface area contributed by atoms with Gasteiger partial charge in [0.25, 0.3) is 0 Å². The first-order valence-corrected chi connectivity index (χ1v) is 10.7. The SMILES string of the molecule is O=C(O)c1ccc(NC(O)c2cc3c4c(c2)CCCCC4CCCCC3)cc1F. The topological polar surface area (TPSA) is 69.6 Å². The van der Waals surface area contributed by atoms with Crippen molar-refractivity contribution in [2.24, 2.45) is 0 Å². The minimum absolute atomic E-state index is 0.357. The number of benzene rings is 2. The van der Waals surface area contributed by atoms with Crippen LogP contribution >= 0.6 is 0 Å². The molecule has 4 nitrogen and oxygen atoms in total. The van der Waals surface area contributed by atoms with Gasteiger partial charge in [-0.25, -0.2) is 9.18 Å². The molecule has 2 aromatic carbocycles. The van der Waals surface area contributed by atoms with Crippen molar-refractivity contribution in [2.75, 3.05) is 5.32 Å². The maximum absolute atomic E-state index is 14.0. The first kappa shape index (κ1) is 19.9. The Morgan fingerprint density at radius 3 is 2.31 bits per heavy atom. The average Bonchev–Trinajstić information content (AvgIpc) is 2.87. The minimum Gasteiger partial charge on any atom is -0.478 e. The summed E-state index contributed by atoms with van der Waals surface area (Å²) in [5.74, 6) is -1.48. The van der Waals surface area contributed by atoms with Gasteiger partial charge >= 0.3 is 5.97 Å². The van der Waals surface area contributed by atoms with Crippen LogP contribution in [0, 0.1) is 5.82 Å². The van der Waals surface area contributed by atoms with E-state index in [1.54, 1.807) is 0 Å². The van der Waals surface area contributed by atoms with E-state index in [0.717, 1.165) is 24.5 Å². The molecule has 154 valence electrons. The van der Waals surface area contributed by atoms with Crippen LogP contribution in [-0.4, -0.2) is 16.2 Å². The number of aryl methyl sites for hydroxylation is 2. The molecule has 3 N–H and O–H groups in total. The Morgan fingerprint density at radius 1 is 1.00 bits per heavy atom. The van der Waals surface area contributed by atoms with Crippen molar-refractivity contribution in [3.63, 3.8) is 0 Å². The zero-order chi connectivity index (χ0) is 20.4. The average molecular weight is 397 g/mol. The molecule has 0 heterocycles. The second kappa shape index (κ2) is 8.54. The molecule has 0 aliphatic heterocycles. The van der Waals surface area contributed by atoms with Gasteiger partial charge in [0.05, 0.1) is 5.56 Å². The molecule has 2 aliphatic rings. The van der Waals surface area contributed by atoms with Gasteiger partial charge in [0.1, 0.15) is 5.82 Å². The zero-order valence-electron chi connectivity index (χ0n) is 16.6. The van der Waals surface area contributed by atoms with Crippen LogP contribution in [0.2, 0.25) is 0 Å². The van der Waals surface area contributed by atoms with E-state index >= 15 is 0 Å². The standard InChI is InChI=1S/C24H28FNO3/c25-21-14-19(10-11-20(21)24(28)29)26-23(27)18-12-16-8-3-1-2-6-15-7-4-5-9-17(13-18)22(15)16/h10-15,23,26-27H,1-9H2,(H,28,29). The predicted octanol–water partition coefficient (Wildman–Crippen LogP) is 5.55. The van der Waals surface area contributed by atoms with Gasteiger partial charge in [0.2, 0.25) is 0 Å². The first-order valence-electron chi connectivity index (χ1n) is 10.7. The van der Waals surface area contributed by atoms with Gasteiger partial charge in [-0.1, -0.05) is 31.4 Å². The lowest BCUT2D eigenvalue weighted by atomic mass is 9.80. The number of carboxylic acids is 1. The first-order chi connectivity index (χ1) is 14.0. The number of nitrogens with one attached hydrogen (secondary N) is 1. The molecule has 2 aromatic rings. The molecule has 0 saturated carbocycles. The summed E-state index contributed by atoms with van der Waals surface area (Å²) in [6.45, 7) is 0. The predicted molar refractivity (Wildman–Crippen MR) is 111 cm³/mol. The van der Waals surface area contributed by atoms with Gasteiger partial charge in [-0.3, -0.25) is 0 Å². The van der Waals surface area contributed by atoms with Crippen LogP contribution in [0.3, 0.4) is 0 Å². The summed E-state index contributed by atoms with van der Waals surface area (Å²) in [5, 5.41) is 22.7. The molecule has 0 saturated heterocycles. The summed E-state index contributed by atoms with van der Waals surface area (Å²) < 4.78 is 14.0. The molecule has 0 radical (unpaired) electrons. The molecule has 0 spiro atoms. The smallest absolute Gasteiger partial charge is 0.338 e. The molecular weight excluding hydrogens is 369 g/mol. The van der Waals surface area contributed by atoms with Crippen molar-refractivity contribution < 1.29 is 19.4 Å². The molecule has 29 heavy (non-hydrogen) atoms. The number of aliphatic hydroxyl groups is 1. The summed E-state index contributed by atoms with van der Waals surface area (Å²) >= 11 is 0. The van der Waals surface area contributed by atoms with Gasteiger partial charge in [-0.05, 0) is 79.3 Å². The number of hydrogen-bond acceptors (Lipinski definition) is 3. The zero-order valence-corrected chi connectivity index (χ0v) is 16.6. The Kier molecular flexibility index (Phi) is 5.86. The van der Waals surface area contributed by atoms with Crippen LogP contribution in [0.1, 0.15) is 89.7 Å². The van der Waals surface area contributed by atoms with E-state index in [1.807, 2.05) is 0 Å². The molecule has 0 amide bonds. The third-order valence-electron chi connectivity index (χ3n) is 6.35. The number of aliphatic hydroxyl groups excluding tert-OH is 1. The van der Waals surface area contributed by atoms with E-state index in [9.17, 15) is 14.3 Å². The second-order valence-corrected chi connectivity index (χ2v) is 8.34. The van der Waals surface area contributed by atoms with Crippen molar-refractivity contribution in [1.29, 1.82) is 0 Å².